The smallest absolute Gasteiger partial charge is 0.250 e. The van der Waals surface area contributed by atoms with Gasteiger partial charge in [0.2, 0.25) is 0 Å². The van der Waals surface area contributed by atoms with E-state index < -0.39 is 26.9 Å². The second-order valence-electron chi connectivity index (χ2n) is 5.11. The third-order valence-corrected chi connectivity index (χ3v) is 6.02. The van der Waals surface area contributed by atoms with Crippen LogP contribution in [0.15, 0.2) is 60.2 Å². The van der Waals surface area contributed by atoms with Crippen LogP contribution < -0.4 is 25.4 Å². The largest absolute Gasteiger partial charge is 0.366 e. The number of nitrogens with two attached hydrogens (primary N) is 2. The minimum atomic E-state index is -4.75. The van der Waals surface area contributed by atoms with Crippen molar-refractivity contribution in [3.05, 3.63) is 65.8 Å². The van der Waals surface area contributed by atoms with Gasteiger partial charge in [0.1, 0.15) is 3.74 Å². The number of carbonyl (C=O) groups excluding carboxylic acids is 1. The summed E-state index contributed by atoms with van der Waals surface area (Å²) in [7, 11) is -6.52. The van der Waals surface area contributed by atoms with Crippen LogP contribution in [0.3, 0.4) is 0 Å². The molecule has 1 atom stereocenters. The molecule has 1 amide bonds. The molecule has 0 saturated heterocycles. The van der Waals surface area contributed by atoms with Gasteiger partial charge >= 0.3 is 0 Å². The van der Waals surface area contributed by atoms with Crippen molar-refractivity contribution < 1.29 is 32.8 Å². The molecule has 2 aromatic carbocycles. The van der Waals surface area contributed by atoms with E-state index in [0.717, 1.165) is 10.8 Å². The van der Waals surface area contributed by atoms with E-state index >= 15 is 0 Å². The number of hydrogen-bond donors (Lipinski definition) is 2. The van der Waals surface area contributed by atoms with Crippen LogP contribution in [0, 0.1) is 10.2 Å². The first kappa shape index (κ1) is 17.8. The Morgan fingerprint density at radius 1 is 1.04 bits per heavy atom. The van der Waals surface area contributed by atoms with E-state index in [0.29, 0.717) is 10.5 Å². The summed E-state index contributed by atoms with van der Waals surface area (Å²) in [5.74, 6) is -0.840. The van der Waals surface area contributed by atoms with E-state index in [2.05, 4.69) is 3.74 Å². The number of benzene rings is 2. The summed E-state index contributed by atoms with van der Waals surface area (Å²) in [6, 6.07) is 13.0. The summed E-state index contributed by atoms with van der Waals surface area (Å²) in [6.45, 7) is 0. The zero-order chi connectivity index (χ0) is 18.2. The maximum atomic E-state index is 11.4. The lowest BCUT2D eigenvalue weighted by atomic mass is 10.1. The van der Waals surface area contributed by atoms with Gasteiger partial charge in [-0.2, -0.15) is 14.0 Å². The average molecular weight is 381 g/mol. The lowest BCUT2D eigenvalue weighted by Gasteiger charge is -2.20. The molecule has 25 heavy (non-hydrogen) atoms. The van der Waals surface area contributed by atoms with Crippen molar-refractivity contribution in [2.75, 3.05) is 0 Å². The number of rotatable bonds is 4. The number of allylic oxidation sites excluding steroid dienone is 2. The van der Waals surface area contributed by atoms with Gasteiger partial charge in [-0.15, -0.1) is 0 Å². The monoisotopic (exact) mass is 380 g/mol. The second-order valence-corrected chi connectivity index (χ2v) is 7.79. The van der Waals surface area contributed by atoms with Crippen LogP contribution in [0.2, 0.25) is 0 Å². The van der Waals surface area contributed by atoms with E-state index in [1.165, 1.54) is 12.2 Å². The van der Waals surface area contributed by atoms with Gasteiger partial charge in [-0.3, -0.25) is 10.5 Å². The summed E-state index contributed by atoms with van der Waals surface area (Å²) < 4.78 is 37.8. The van der Waals surface area contributed by atoms with Crippen molar-refractivity contribution >= 4 is 37.3 Å². The molecule has 0 radical (unpaired) electrons. The van der Waals surface area contributed by atoms with E-state index in [4.69, 9.17) is 11.5 Å². The van der Waals surface area contributed by atoms with Crippen LogP contribution in [0.25, 0.3) is 15.7 Å². The molecule has 1 heterocycles. The predicted octanol–water partition coefficient (Wildman–Crippen LogP) is -1.21. The molecule has 1 unspecified atom stereocenters. The van der Waals surface area contributed by atoms with E-state index in [1.54, 1.807) is 6.07 Å². The van der Waals surface area contributed by atoms with Crippen molar-refractivity contribution in [2.45, 2.75) is 0 Å². The van der Waals surface area contributed by atoms with Crippen LogP contribution in [0.5, 0.6) is 0 Å². The molecule has 7 nitrogen and oxygen atoms in total. The third-order valence-electron chi connectivity index (χ3n) is 3.51. The van der Waals surface area contributed by atoms with Gasteiger partial charge < -0.3 is 5.73 Å². The highest BCUT2D eigenvalue weighted by molar-refractivity contribution is 8.20. The summed E-state index contributed by atoms with van der Waals surface area (Å²) in [5, 5.41) is 1.90. The fraction of sp³-hybridized carbons (Fsp3) is 0. The van der Waals surface area contributed by atoms with Crippen LogP contribution in [-0.4, -0.2) is 10.9 Å². The Labute approximate surface area is 147 Å². The SMILES string of the molecule is NC(=O)C1=CC=C(c2ccc3ccccc3c2)S(O[Cl+3]([O-])([O-])[O-])=C1N. The fourth-order valence-electron chi connectivity index (χ4n) is 2.42. The van der Waals surface area contributed by atoms with Crippen LogP contribution in [0.1, 0.15) is 5.56 Å². The topological polar surface area (TPSA) is 148 Å². The predicted molar refractivity (Wildman–Crippen MR) is 87.1 cm³/mol. The van der Waals surface area contributed by atoms with Crippen LogP contribution >= 0.6 is 10.8 Å². The van der Waals surface area contributed by atoms with Crippen molar-refractivity contribution in [3.63, 3.8) is 0 Å². The zero-order valence-electron chi connectivity index (χ0n) is 12.7. The van der Waals surface area contributed by atoms with E-state index in [1.807, 2.05) is 36.4 Å². The summed E-state index contributed by atoms with van der Waals surface area (Å²) in [6.07, 6.45) is 2.85. The zero-order valence-corrected chi connectivity index (χ0v) is 14.3. The van der Waals surface area contributed by atoms with Gasteiger partial charge in [0, 0.05) is 0 Å². The average Bonchev–Trinajstić information content (AvgIpc) is 2.54. The Balaban J connectivity index is 2.15. The van der Waals surface area contributed by atoms with Crippen molar-refractivity contribution in [1.82, 2.24) is 0 Å². The normalized spacial score (nSPS) is 18.1. The summed E-state index contributed by atoms with van der Waals surface area (Å²) >= 11 is 0. The number of primary amides is 1. The number of amides is 1. The van der Waals surface area contributed by atoms with E-state index in [-0.39, 0.29) is 10.6 Å². The first-order valence-electron chi connectivity index (χ1n) is 6.95. The first-order chi connectivity index (χ1) is 11.8. The Kier molecular flexibility index (Phi) is 4.76. The van der Waals surface area contributed by atoms with Gasteiger partial charge in [-0.05, 0) is 34.6 Å². The molecule has 2 aromatic rings. The molecular formula is C16H13ClN2O5S. The van der Waals surface area contributed by atoms with Gasteiger partial charge in [0.05, 0.1) is 25.7 Å². The van der Waals surface area contributed by atoms with Crippen molar-refractivity contribution in [2.24, 2.45) is 11.5 Å². The first-order valence-corrected chi connectivity index (χ1v) is 9.33. The third kappa shape index (κ3) is 3.80. The van der Waals surface area contributed by atoms with E-state index in [9.17, 15) is 18.8 Å². The minimum Gasteiger partial charge on any atom is -0.366 e. The molecule has 0 spiro atoms. The molecular weight excluding hydrogens is 368 g/mol. The molecule has 0 aromatic heterocycles. The van der Waals surface area contributed by atoms with Gasteiger partial charge in [-0.25, -0.2) is 0 Å². The number of fused-ring (bicyclic) bond motifs is 1. The molecule has 9 heteroatoms. The molecule has 0 bridgehead atoms. The highest BCUT2D eigenvalue weighted by Crippen LogP contribution is 2.41. The van der Waals surface area contributed by atoms with Gasteiger partial charge in [0.25, 0.3) is 5.91 Å². The maximum Gasteiger partial charge on any atom is 0.250 e. The Hall–Kier alpha value is -2.04. The molecule has 0 saturated carbocycles. The lowest BCUT2D eigenvalue weighted by Crippen LogP contribution is -2.60. The Morgan fingerprint density at radius 2 is 1.72 bits per heavy atom. The highest BCUT2D eigenvalue weighted by Gasteiger charge is 2.32. The molecule has 4 N–H and O–H groups in total. The molecule has 0 aliphatic carbocycles. The molecule has 1 aliphatic rings. The van der Waals surface area contributed by atoms with Crippen molar-refractivity contribution in [1.29, 1.82) is 0 Å². The number of halogens is 1. The number of hydrogen-bond acceptors (Lipinski definition) is 6. The second kappa shape index (κ2) is 6.70. The molecule has 130 valence electrons. The fourth-order valence-corrected chi connectivity index (χ4v) is 4.71. The molecule has 0 fully saturated rings. The Morgan fingerprint density at radius 3 is 2.36 bits per heavy atom. The number of carbonyl (C=O) groups is 1. The standard InChI is InChI=1S/C16H13ClN2O5S/c18-15(20)13-7-8-14(25(16(13)19)24-17(21,22)23)12-6-5-10-3-1-2-4-11(10)9-12/h1-9H,19H2,(H2,18,20). The summed E-state index contributed by atoms with van der Waals surface area (Å²) in [5.41, 5.74) is 11.6. The highest BCUT2D eigenvalue weighted by atomic mass is 35.7. The van der Waals surface area contributed by atoms with Crippen LogP contribution in [-0.2, 0) is 8.53 Å². The van der Waals surface area contributed by atoms with Crippen LogP contribution in [0.4, 0.5) is 0 Å². The molecule has 1 aliphatic heterocycles. The minimum absolute atomic E-state index is 0.0910. The van der Waals surface area contributed by atoms with Gasteiger partial charge in [-0.1, -0.05) is 36.4 Å². The lowest BCUT2D eigenvalue weighted by molar-refractivity contribution is -1.91. The Bertz CT molecular complexity index is 962. The maximum absolute atomic E-state index is 11.4. The summed E-state index contributed by atoms with van der Waals surface area (Å²) in [4.78, 5) is 11.6. The quantitative estimate of drug-likeness (QED) is 0.636. The van der Waals surface area contributed by atoms with Crippen molar-refractivity contribution in [3.8, 4) is 0 Å². The van der Waals surface area contributed by atoms with Gasteiger partial charge in [0.15, 0.2) is 10.8 Å². The molecule has 3 rings (SSSR count).